The van der Waals surface area contributed by atoms with Gasteiger partial charge in [-0.3, -0.25) is 9.69 Å². The third-order valence-electron chi connectivity index (χ3n) is 5.30. The molecule has 6 nitrogen and oxygen atoms in total. The van der Waals surface area contributed by atoms with E-state index in [4.69, 9.17) is 9.15 Å². The first-order valence-electron chi connectivity index (χ1n) is 9.77. The molecule has 1 aliphatic carbocycles. The van der Waals surface area contributed by atoms with E-state index in [1.165, 1.54) is 30.2 Å². The Morgan fingerprint density at radius 2 is 2.00 bits per heavy atom. The molecule has 27 heavy (non-hydrogen) atoms. The van der Waals surface area contributed by atoms with Crippen LogP contribution >= 0.6 is 0 Å². The van der Waals surface area contributed by atoms with Crippen molar-refractivity contribution in [3.8, 4) is 0 Å². The van der Waals surface area contributed by atoms with Crippen molar-refractivity contribution in [2.45, 2.75) is 32.9 Å². The molecule has 0 N–H and O–H groups in total. The minimum atomic E-state index is -0.0686. The van der Waals surface area contributed by atoms with Gasteiger partial charge in [0, 0.05) is 26.2 Å². The van der Waals surface area contributed by atoms with Crippen molar-refractivity contribution >= 4 is 5.91 Å². The zero-order valence-electron chi connectivity index (χ0n) is 15.9. The fourth-order valence-corrected chi connectivity index (χ4v) is 3.48. The zero-order chi connectivity index (χ0) is 18.6. The average molecular weight is 369 g/mol. The number of nitrogens with zero attached hydrogens (tertiary/aromatic N) is 3. The van der Waals surface area contributed by atoms with E-state index in [1.807, 2.05) is 0 Å². The van der Waals surface area contributed by atoms with Crippen molar-refractivity contribution in [3.05, 3.63) is 53.2 Å². The normalized spacial score (nSPS) is 17.5. The molecule has 2 fully saturated rings. The standard InChI is InChI=1S/C21H27N3O3/c1-16-4-2-3-5-18(16)13-23(12-17-6-7-17)14-20-22-19(15-27-20)21(25)24-8-10-26-11-9-24/h2-5,15,17H,6-14H2,1H3. The summed E-state index contributed by atoms with van der Waals surface area (Å²) in [4.78, 5) is 21.2. The summed E-state index contributed by atoms with van der Waals surface area (Å²) in [7, 11) is 0. The predicted octanol–water partition coefficient (Wildman–Crippen LogP) is 2.87. The fourth-order valence-electron chi connectivity index (χ4n) is 3.48. The molecule has 1 aromatic heterocycles. The highest BCUT2D eigenvalue weighted by Gasteiger charge is 2.26. The second-order valence-corrected chi connectivity index (χ2v) is 7.57. The topological polar surface area (TPSA) is 58.8 Å². The average Bonchev–Trinajstić information content (AvgIpc) is 3.38. The lowest BCUT2D eigenvalue weighted by atomic mass is 10.1. The third kappa shape index (κ3) is 4.76. The molecule has 1 amide bonds. The molecule has 2 heterocycles. The van der Waals surface area contributed by atoms with E-state index in [0.29, 0.717) is 44.4 Å². The van der Waals surface area contributed by atoms with Crippen LogP contribution in [-0.2, 0) is 17.8 Å². The summed E-state index contributed by atoms with van der Waals surface area (Å²) in [5.74, 6) is 1.32. The van der Waals surface area contributed by atoms with E-state index in [1.54, 1.807) is 4.90 Å². The molecular weight excluding hydrogens is 342 g/mol. The molecule has 0 bridgehead atoms. The van der Waals surface area contributed by atoms with Gasteiger partial charge in [0.2, 0.25) is 5.89 Å². The maximum atomic E-state index is 12.6. The van der Waals surface area contributed by atoms with Crippen molar-refractivity contribution in [2.75, 3.05) is 32.8 Å². The molecule has 6 heteroatoms. The third-order valence-corrected chi connectivity index (χ3v) is 5.30. The van der Waals surface area contributed by atoms with Gasteiger partial charge in [0.1, 0.15) is 6.26 Å². The first kappa shape index (κ1) is 18.2. The van der Waals surface area contributed by atoms with Gasteiger partial charge < -0.3 is 14.1 Å². The molecule has 1 aliphatic heterocycles. The molecule has 0 radical (unpaired) electrons. The smallest absolute Gasteiger partial charge is 0.275 e. The minimum Gasteiger partial charge on any atom is -0.447 e. The van der Waals surface area contributed by atoms with Crippen molar-refractivity contribution in [2.24, 2.45) is 5.92 Å². The number of oxazole rings is 1. The highest BCUT2D eigenvalue weighted by atomic mass is 16.5. The lowest BCUT2D eigenvalue weighted by Crippen LogP contribution is -2.40. The number of hydrogen-bond donors (Lipinski definition) is 0. The van der Waals surface area contributed by atoms with Gasteiger partial charge >= 0.3 is 0 Å². The maximum absolute atomic E-state index is 12.6. The Morgan fingerprint density at radius 3 is 2.74 bits per heavy atom. The van der Waals surface area contributed by atoms with E-state index in [0.717, 1.165) is 19.0 Å². The molecule has 1 aromatic carbocycles. The molecule has 4 rings (SSSR count). The number of aryl methyl sites for hydroxylation is 1. The van der Waals surface area contributed by atoms with Gasteiger partial charge in [-0.2, -0.15) is 0 Å². The van der Waals surface area contributed by atoms with Gasteiger partial charge in [-0.15, -0.1) is 0 Å². The summed E-state index contributed by atoms with van der Waals surface area (Å²) in [6, 6.07) is 8.48. The number of rotatable bonds is 7. The number of amides is 1. The summed E-state index contributed by atoms with van der Waals surface area (Å²) in [6.07, 6.45) is 4.10. The van der Waals surface area contributed by atoms with Gasteiger partial charge in [0.25, 0.3) is 5.91 Å². The second-order valence-electron chi connectivity index (χ2n) is 7.57. The van der Waals surface area contributed by atoms with E-state index in [2.05, 4.69) is 41.1 Å². The van der Waals surface area contributed by atoms with Crippen LogP contribution in [0.2, 0.25) is 0 Å². The predicted molar refractivity (Wildman–Crippen MR) is 101 cm³/mol. The van der Waals surface area contributed by atoms with Crippen LogP contribution in [0.15, 0.2) is 34.9 Å². The molecule has 144 valence electrons. The van der Waals surface area contributed by atoms with Crippen LogP contribution < -0.4 is 0 Å². The summed E-state index contributed by atoms with van der Waals surface area (Å²) in [6.45, 7) is 7.09. The van der Waals surface area contributed by atoms with Crippen molar-refractivity contribution < 1.29 is 13.9 Å². The quantitative estimate of drug-likeness (QED) is 0.751. The summed E-state index contributed by atoms with van der Waals surface area (Å²) in [5, 5.41) is 0. The maximum Gasteiger partial charge on any atom is 0.275 e. The Labute approximate surface area is 160 Å². The van der Waals surface area contributed by atoms with Gasteiger partial charge in [0.05, 0.1) is 19.8 Å². The molecule has 1 saturated heterocycles. The van der Waals surface area contributed by atoms with Gasteiger partial charge in [0.15, 0.2) is 5.69 Å². The van der Waals surface area contributed by atoms with Crippen LogP contribution in [0.3, 0.4) is 0 Å². The molecule has 0 atom stereocenters. The van der Waals surface area contributed by atoms with Crippen molar-refractivity contribution in [1.82, 2.24) is 14.8 Å². The number of carbonyl (C=O) groups is 1. The van der Waals surface area contributed by atoms with Crippen molar-refractivity contribution in [3.63, 3.8) is 0 Å². The first-order valence-corrected chi connectivity index (χ1v) is 9.77. The molecule has 0 unspecified atom stereocenters. The van der Waals surface area contributed by atoms with Crippen LogP contribution in [0.5, 0.6) is 0 Å². The Balaban J connectivity index is 1.42. The van der Waals surface area contributed by atoms with Crippen LogP contribution in [0.25, 0.3) is 0 Å². The molecule has 0 spiro atoms. The van der Waals surface area contributed by atoms with Crippen molar-refractivity contribution in [1.29, 1.82) is 0 Å². The van der Waals surface area contributed by atoms with Crippen LogP contribution in [0.4, 0.5) is 0 Å². The van der Waals surface area contributed by atoms with E-state index < -0.39 is 0 Å². The van der Waals surface area contributed by atoms with E-state index >= 15 is 0 Å². The monoisotopic (exact) mass is 369 g/mol. The Bertz CT molecular complexity index is 778. The largest absolute Gasteiger partial charge is 0.447 e. The SMILES string of the molecule is Cc1ccccc1CN(Cc1nc(C(=O)N2CCOCC2)co1)CC1CC1. The Hall–Kier alpha value is -2.18. The number of carbonyl (C=O) groups excluding carboxylic acids is 1. The van der Waals surface area contributed by atoms with Crippen LogP contribution in [-0.4, -0.2) is 53.5 Å². The Kier molecular flexibility index (Phi) is 5.55. The summed E-state index contributed by atoms with van der Waals surface area (Å²) in [5.41, 5.74) is 3.03. The summed E-state index contributed by atoms with van der Waals surface area (Å²) < 4.78 is 11.0. The first-order chi connectivity index (χ1) is 13.2. The number of ether oxygens (including phenoxy) is 1. The zero-order valence-corrected chi connectivity index (χ0v) is 15.9. The minimum absolute atomic E-state index is 0.0686. The van der Waals surface area contributed by atoms with E-state index in [-0.39, 0.29) is 5.91 Å². The highest BCUT2D eigenvalue weighted by molar-refractivity contribution is 5.92. The van der Waals surface area contributed by atoms with Crippen LogP contribution in [0, 0.1) is 12.8 Å². The summed E-state index contributed by atoms with van der Waals surface area (Å²) >= 11 is 0. The van der Waals surface area contributed by atoms with E-state index in [9.17, 15) is 4.79 Å². The molecule has 2 aromatic rings. The fraction of sp³-hybridized carbons (Fsp3) is 0.524. The molecule has 1 saturated carbocycles. The number of hydrogen-bond acceptors (Lipinski definition) is 5. The number of morpholine rings is 1. The number of aromatic nitrogens is 1. The van der Waals surface area contributed by atoms with Crippen LogP contribution in [0.1, 0.15) is 40.3 Å². The Morgan fingerprint density at radius 1 is 1.22 bits per heavy atom. The lowest BCUT2D eigenvalue weighted by molar-refractivity contribution is 0.0299. The second kappa shape index (κ2) is 8.23. The molecule has 2 aliphatic rings. The van der Waals surface area contributed by atoms with Gasteiger partial charge in [-0.1, -0.05) is 24.3 Å². The number of benzene rings is 1. The van der Waals surface area contributed by atoms with Gasteiger partial charge in [-0.25, -0.2) is 4.98 Å². The highest BCUT2D eigenvalue weighted by Crippen LogP contribution is 2.31. The molecular formula is C21H27N3O3. The van der Waals surface area contributed by atoms with Gasteiger partial charge in [-0.05, 0) is 36.8 Å². The lowest BCUT2D eigenvalue weighted by Gasteiger charge is -2.25.